The molecule has 89 heavy (non-hydrogen) atoms. The van der Waals surface area contributed by atoms with Crippen LogP contribution in [-0.2, 0) is 33.2 Å². The molecule has 3 saturated heterocycles. The Balaban J connectivity index is 1.42. The molecule has 3 heterocycles. The summed E-state index contributed by atoms with van der Waals surface area (Å²) >= 11 is 0. The highest BCUT2D eigenvalue weighted by Crippen LogP contribution is 2.33. The molecule has 3 fully saturated rings. The molecule has 19 nitrogen and oxygen atoms in total. The summed E-state index contributed by atoms with van der Waals surface area (Å²) in [5.41, 5.74) is 0. The minimum Gasteiger partial charge on any atom is -0.394 e. The smallest absolute Gasteiger partial charge is 0.220 e. The molecule has 3 aliphatic heterocycles. The molecule has 17 atom stereocenters. The first-order valence-electron chi connectivity index (χ1n) is 32.6. The molecule has 19 heteroatoms. The van der Waals surface area contributed by atoms with Crippen molar-refractivity contribution >= 4 is 5.91 Å². The first kappa shape index (κ1) is 78.9. The van der Waals surface area contributed by atoms with Gasteiger partial charge in [0.1, 0.15) is 73.2 Å². The summed E-state index contributed by atoms with van der Waals surface area (Å²) in [6.45, 7) is 1.48. The highest BCUT2D eigenvalue weighted by atomic mass is 16.8. The highest BCUT2D eigenvalue weighted by Gasteiger charge is 2.53. The Morgan fingerprint density at radius 3 is 1.25 bits per heavy atom. The second-order valence-corrected chi connectivity index (χ2v) is 22.5. The van der Waals surface area contributed by atoms with E-state index >= 15 is 0 Å². The van der Waals surface area contributed by atoms with Gasteiger partial charge >= 0.3 is 0 Å². The summed E-state index contributed by atoms with van der Waals surface area (Å²) < 4.78 is 34.2. The second-order valence-electron chi connectivity index (χ2n) is 22.5. The van der Waals surface area contributed by atoms with Crippen LogP contribution in [0.2, 0.25) is 0 Å². The number of carbonyl (C=O) groups excluding carboxylic acids is 1. The van der Waals surface area contributed by atoms with Crippen LogP contribution in [0.15, 0.2) is 146 Å². The molecule has 12 N–H and O–H groups in total. The Hall–Kier alpha value is -4.33. The molecule has 0 bridgehead atoms. The van der Waals surface area contributed by atoms with Crippen LogP contribution in [0.4, 0.5) is 0 Å². The van der Waals surface area contributed by atoms with Crippen LogP contribution >= 0.6 is 0 Å². The van der Waals surface area contributed by atoms with Crippen molar-refractivity contribution in [2.45, 2.75) is 259 Å². The fraction of sp³-hybridized carbons (Fsp3) is 0.643. The van der Waals surface area contributed by atoms with Gasteiger partial charge in [-0.05, 0) is 109 Å². The Morgan fingerprint density at radius 2 is 0.787 bits per heavy atom. The lowest BCUT2D eigenvalue weighted by atomic mass is 9.96. The van der Waals surface area contributed by atoms with Crippen molar-refractivity contribution in [2.24, 2.45) is 0 Å². The quantitative estimate of drug-likeness (QED) is 0.0206. The molecule has 504 valence electrons. The topological polar surface area (TPSA) is 307 Å². The number of aliphatic hydroxyl groups is 11. The molecular weight excluding hydrogens is 1140 g/mol. The summed E-state index contributed by atoms with van der Waals surface area (Å²) in [6, 6.07) is -1.02. The maximum absolute atomic E-state index is 13.3. The molecule has 0 aromatic rings. The third-order valence-electron chi connectivity index (χ3n) is 15.1. The largest absolute Gasteiger partial charge is 0.394 e. The number of hydrogen-bond acceptors (Lipinski definition) is 18. The summed E-state index contributed by atoms with van der Waals surface area (Å²) in [5.74, 6) is -0.338. The van der Waals surface area contributed by atoms with Crippen LogP contribution < -0.4 is 5.32 Å². The molecule has 0 aromatic heterocycles. The maximum Gasteiger partial charge on any atom is 0.220 e. The number of ether oxygens (including phenoxy) is 6. The van der Waals surface area contributed by atoms with Crippen LogP contribution in [0.25, 0.3) is 0 Å². The monoisotopic (exact) mass is 1250 g/mol. The lowest BCUT2D eigenvalue weighted by Crippen LogP contribution is -2.66. The van der Waals surface area contributed by atoms with Crippen molar-refractivity contribution in [2.75, 3.05) is 26.4 Å². The first-order valence-corrected chi connectivity index (χ1v) is 32.6. The number of unbranched alkanes of at least 4 members (excludes halogenated alkanes) is 8. The third-order valence-corrected chi connectivity index (χ3v) is 15.1. The Bertz CT molecular complexity index is 2180. The van der Waals surface area contributed by atoms with Gasteiger partial charge in [0, 0.05) is 6.42 Å². The van der Waals surface area contributed by atoms with Gasteiger partial charge in [0.05, 0.1) is 38.6 Å². The van der Waals surface area contributed by atoms with Crippen molar-refractivity contribution in [3.8, 4) is 0 Å². The fourth-order valence-corrected chi connectivity index (χ4v) is 9.82. The highest BCUT2D eigenvalue weighted by molar-refractivity contribution is 5.76. The van der Waals surface area contributed by atoms with E-state index in [1.165, 1.54) is 25.7 Å². The molecule has 17 unspecified atom stereocenters. The third kappa shape index (κ3) is 32.7. The zero-order valence-corrected chi connectivity index (χ0v) is 52.8. The van der Waals surface area contributed by atoms with Crippen molar-refractivity contribution in [1.29, 1.82) is 0 Å². The van der Waals surface area contributed by atoms with E-state index in [0.717, 1.165) is 96.3 Å². The van der Waals surface area contributed by atoms with Crippen LogP contribution in [0.1, 0.15) is 155 Å². The predicted molar refractivity (Wildman–Crippen MR) is 346 cm³/mol. The van der Waals surface area contributed by atoms with Crippen LogP contribution in [0.3, 0.4) is 0 Å². The number of hydrogen-bond donors (Lipinski definition) is 12. The SMILES string of the molecule is CC/C=C\C/C=C\C/C=C\C/C=C\C/C=C\C/C=C\C/C=C\C/C=C\C/C=C\C/C=C\CCCCC(=O)NC(COC1OC(CO)C(OC2OC(CO)C(OC3OC(CO)C(O)C(O)C3O)C(O)C2O)C(O)C1O)C(O)/C=C/CC/C=C/CCCCCCC. The van der Waals surface area contributed by atoms with E-state index in [1.54, 1.807) is 6.08 Å². The standard InChI is InChI=1S/C70H111NO18/c1-3-5-7-9-11-13-15-16-17-18-19-20-21-22-23-24-25-26-27-28-29-30-31-32-33-34-35-36-38-40-42-44-46-48-58(76)71-53(54(75)47-45-43-41-39-37-14-12-10-8-6-4-2)52-84-68-64(82)61(79)66(56(50-73)86-68)89-70-65(83)62(80)67(57(51-74)87-70)88-69-63(81)60(78)59(77)55(49-72)85-69/h5,7,11,13,16-17,19-20,22-23,25-26,28-29,31-32,34-35,37-40,45,47,53-57,59-70,72-75,77-83H,3-4,6,8-10,12,14-15,18,21,24,27,30,33,36,41-44,46,48-52H2,1-2H3,(H,71,76)/b7-5-,13-11-,17-16-,20-19-,23-22-,26-25-,29-28-,32-31-,35-34-,39-37+,40-38-,47-45+. The Morgan fingerprint density at radius 1 is 0.416 bits per heavy atom. The molecule has 1 amide bonds. The van der Waals surface area contributed by atoms with Crippen LogP contribution in [-0.4, -0.2) is 193 Å². The van der Waals surface area contributed by atoms with E-state index in [0.29, 0.717) is 12.8 Å². The van der Waals surface area contributed by atoms with E-state index in [2.05, 4.69) is 153 Å². The van der Waals surface area contributed by atoms with Gasteiger partial charge in [-0.3, -0.25) is 4.79 Å². The van der Waals surface area contributed by atoms with Crippen molar-refractivity contribution < 1.29 is 89.4 Å². The second kappa shape index (κ2) is 50.3. The number of allylic oxidation sites excluding steroid dienone is 23. The van der Waals surface area contributed by atoms with Crippen molar-refractivity contribution in [3.63, 3.8) is 0 Å². The number of aliphatic hydroxyl groups excluding tert-OH is 11. The fourth-order valence-electron chi connectivity index (χ4n) is 9.82. The van der Waals surface area contributed by atoms with E-state index in [1.807, 2.05) is 6.08 Å². The first-order chi connectivity index (χ1) is 43.3. The molecule has 0 spiro atoms. The normalized spacial score (nSPS) is 29.2. The van der Waals surface area contributed by atoms with Gasteiger partial charge < -0.3 is 89.9 Å². The van der Waals surface area contributed by atoms with Crippen LogP contribution in [0.5, 0.6) is 0 Å². The van der Waals surface area contributed by atoms with Gasteiger partial charge in [0.25, 0.3) is 0 Å². The van der Waals surface area contributed by atoms with Crippen LogP contribution in [0, 0.1) is 0 Å². The number of amides is 1. The van der Waals surface area contributed by atoms with E-state index in [-0.39, 0.29) is 12.3 Å². The molecule has 3 rings (SSSR count). The van der Waals surface area contributed by atoms with E-state index in [4.69, 9.17) is 28.4 Å². The van der Waals surface area contributed by atoms with E-state index < -0.39 is 131 Å². The number of rotatable bonds is 46. The average molecular weight is 1250 g/mol. The number of carbonyl (C=O) groups is 1. The van der Waals surface area contributed by atoms with Crippen molar-refractivity contribution in [3.05, 3.63) is 146 Å². The molecule has 0 radical (unpaired) electrons. The minimum absolute atomic E-state index is 0.169. The molecular formula is C70H111NO18. The van der Waals surface area contributed by atoms with Crippen molar-refractivity contribution in [1.82, 2.24) is 5.32 Å². The van der Waals surface area contributed by atoms with E-state index in [9.17, 15) is 61.0 Å². The molecule has 0 saturated carbocycles. The molecule has 0 aromatic carbocycles. The molecule has 3 aliphatic rings. The van der Waals surface area contributed by atoms with Gasteiger partial charge in [-0.25, -0.2) is 0 Å². The van der Waals surface area contributed by atoms with Gasteiger partial charge in [0.2, 0.25) is 5.91 Å². The van der Waals surface area contributed by atoms with Gasteiger partial charge in [-0.1, -0.05) is 185 Å². The Kier molecular flexibility index (Phi) is 44.6. The maximum atomic E-state index is 13.3. The summed E-state index contributed by atoms with van der Waals surface area (Å²) in [7, 11) is 0. The lowest BCUT2D eigenvalue weighted by Gasteiger charge is -2.48. The zero-order chi connectivity index (χ0) is 64.7. The van der Waals surface area contributed by atoms with Gasteiger partial charge in [-0.2, -0.15) is 0 Å². The summed E-state index contributed by atoms with van der Waals surface area (Å²) in [4.78, 5) is 13.3. The Labute approximate surface area is 530 Å². The predicted octanol–water partition coefficient (Wildman–Crippen LogP) is 7.59. The molecule has 0 aliphatic carbocycles. The minimum atomic E-state index is -1.99. The zero-order valence-electron chi connectivity index (χ0n) is 52.8. The lowest BCUT2D eigenvalue weighted by molar-refractivity contribution is -0.379. The average Bonchev–Trinajstić information content (AvgIpc) is 1.33. The summed E-state index contributed by atoms with van der Waals surface area (Å²) in [6.07, 6.45) is 44.2. The summed E-state index contributed by atoms with van der Waals surface area (Å²) in [5, 5.41) is 120. The number of nitrogens with one attached hydrogen (secondary N) is 1. The van der Waals surface area contributed by atoms with Gasteiger partial charge in [0.15, 0.2) is 18.9 Å². The van der Waals surface area contributed by atoms with Gasteiger partial charge in [-0.15, -0.1) is 0 Å².